The second-order valence-electron chi connectivity index (χ2n) is 5.69. The van der Waals surface area contributed by atoms with Crippen LogP contribution in [0.1, 0.15) is 40.5 Å². The molecule has 1 rings (SSSR count). The van der Waals surface area contributed by atoms with Gasteiger partial charge in [0.05, 0.1) is 0 Å². The number of alkyl carbamates (subject to hydrolysis) is 1. The van der Waals surface area contributed by atoms with Gasteiger partial charge in [0.15, 0.2) is 0 Å². The largest absolute Gasteiger partial charge is 0.460 e. The van der Waals surface area contributed by atoms with Crippen molar-refractivity contribution in [2.24, 2.45) is 0 Å². The van der Waals surface area contributed by atoms with Crippen molar-refractivity contribution < 1.29 is 27.8 Å². The number of hydrogen-bond donors (Lipinski definition) is 1. The molecule has 110 valence electrons. The monoisotopic (exact) mass is 279 g/mol. The predicted molar refractivity (Wildman–Crippen MR) is 62.9 cm³/mol. The van der Waals surface area contributed by atoms with Crippen LogP contribution in [0.3, 0.4) is 0 Å². The Bertz CT molecular complexity index is 357. The summed E-state index contributed by atoms with van der Waals surface area (Å²) in [6.45, 7) is 6.47. The van der Waals surface area contributed by atoms with Crippen molar-refractivity contribution in [1.29, 1.82) is 0 Å². The maximum Gasteiger partial charge on any atom is 0.408 e. The van der Waals surface area contributed by atoms with Crippen LogP contribution in [0.25, 0.3) is 0 Å². The summed E-state index contributed by atoms with van der Waals surface area (Å²) in [5.41, 5.74) is -0.677. The van der Waals surface area contributed by atoms with E-state index in [0.717, 1.165) is 0 Å². The third kappa shape index (κ3) is 5.40. The third-order valence-electron chi connectivity index (χ3n) is 2.42. The van der Waals surface area contributed by atoms with Crippen LogP contribution in [0.2, 0.25) is 0 Å². The normalized spacial score (nSPS) is 20.1. The van der Waals surface area contributed by atoms with Gasteiger partial charge in [0.1, 0.15) is 17.7 Å². The Hall–Kier alpha value is -1.40. The summed E-state index contributed by atoms with van der Waals surface area (Å²) in [5.74, 6) is -3.49. The van der Waals surface area contributed by atoms with E-state index in [1.165, 1.54) is 6.92 Å². The first-order chi connectivity index (χ1) is 8.48. The van der Waals surface area contributed by atoms with Gasteiger partial charge in [-0.25, -0.2) is 18.4 Å². The lowest BCUT2D eigenvalue weighted by Gasteiger charge is -2.34. The minimum Gasteiger partial charge on any atom is -0.460 e. The Morgan fingerprint density at radius 1 is 1.32 bits per heavy atom. The van der Waals surface area contributed by atoms with E-state index in [-0.39, 0.29) is 0 Å². The van der Waals surface area contributed by atoms with Crippen LogP contribution < -0.4 is 5.32 Å². The van der Waals surface area contributed by atoms with Crippen molar-refractivity contribution in [2.75, 3.05) is 0 Å². The van der Waals surface area contributed by atoms with E-state index in [9.17, 15) is 18.4 Å². The summed E-state index contributed by atoms with van der Waals surface area (Å²) in [7, 11) is 0. The van der Waals surface area contributed by atoms with Gasteiger partial charge < -0.3 is 14.8 Å². The molecule has 1 atom stereocenters. The minimum atomic E-state index is -2.74. The second kappa shape index (κ2) is 5.30. The van der Waals surface area contributed by atoms with E-state index in [2.05, 4.69) is 5.32 Å². The van der Waals surface area contributed by atoms with Crippen LogP contribution in [0.4, 0.5) is 13.6 Å². The fraction of sp³-hybridized carbons (Fsp3) is 0.833. The molecule has 1 amide bonds. The minimum absolute atomic E-state index is 0.460. The standard InChI is InChI=1S/C12H19F2NO4/c1-7(15-10(17)19-11(2,3)4)9(16)18-8-5-12(13,14)6-8/h7-8H,5-6H2,1-4H3,(H,15,17). The number of nitrogens with one attached hydrogen (secondary N) is 1. The van der Waals surface area contributed by atoms with E-state index in [1.807, 2.05) is 0 Å². The van der Waals surface area contributed by atoms with E-state index < -0.39 is 48.6 Å². The fourth-order valence-corrected chi connectivity index (χ4v) is 1.50. The summed E-state index contributed by atoms with van der Waals surface area (Å²) >= 11 is 0. The number of carbonyl (C=O) groups excluding carboxylic acids is 2. The van der Waals surface area contributed by atoms with E-state index >= 15 is 0 Å². The van der Waals surface area contributed by atoms with Crippen molar-refractivity contribution in [3.63, 3.8) is 0 Å². The molecule has 0 aromatic heterocycles. The number of esters is 1. The van der Waals surface area contributed by atoms with Gasteiger partial charge in [0, 0.05) is 12.8 Å². The van der Waals surface area contributed by atoms with E-state index in [4.69, 9.17) is 9.47 Å². The topological polar surface area (TPSA) is 64.6 Å². The molecular formula is C12H19F2NO4. The molecule has 0 heterocycles. The number of alkyl halides is 2. The average Bonchev–Trinajstić information content (AvgIpc) is 2.10. The zero-order valence-corrected chi connectivity index (χ0v) is 11.5. The summed E-state index contributed by atoms with van der Waals surface area (Å²) in [6, 6.07) is -0.941. The zero-order chi connectivity index (χ0) is 14.8. The Morgan fingerprint density at radius 2 is 1.84 bits per heavy atom. The maximum atomic E-state index is 12.6. The van der Waals surface area contributed by atoms with Gasteiger partial charge in [-0.3, -0.25) is 0 Å². The molecule has 0 aromatic rings. The molecule has 1 fully saturated rings. The summed E-state index contributed by atoms with van der Waals surface area (Å²) in [5, 5.41) is 2.29. The average molecular weight is 279 g/mol. The SMILES string of the molecule is CC(NC(=O)OC(C)(C)C)C(=O)OC1CC(F)(F)C1. The van der Waals surface area contributed by atoms with Crippen molar-refractivity contribution in [3.05, 3.63) is 0 Å². The van der Waals surface area contributed by atoms with Gasteiger partial charge in [0.2, 0.25) is 0 Å². The van der Waals surface area contributed by atoms with Crippen LogP contribution in [-0.4, -0.2) is 35.7 Å². The summed E-state index contributed by atoms with van der Waals surface area (Å²) in [6.07, 6.45) is -2.45. The molecule has 1 unspecified atom stereocenters. The van der Waals surface area contributed by atoms with Gasteiger partial charge in [-0.2, -0.15) is 0 Å². The van der Waals surface area contributed by atoms with Crippen LogP contribution in [0.5, 0.6) is 0 Å². The third-order valence-corrected chi connectivity index (χ3v) is 2.42. The summed E-state index contributed by atoms with van der Waals surface area (Å²) in [4.78, 5) is 22.9. The highest BCUT2D eigenvalue weighted by molar-refractivity contribution is 5.81. The van der Waals surface area contributed by atoms with Gasteiger partial charge in [-0.15, -0.1) is 0 Å². The molecule has 1 saturated carbocycles. The van der Waals surface area contributed by atoms with Crippen LogP contribution in [0.15, 0.2) is 0 Å². The van der Waals surface area contributed by atoms with Crippen molar-refractivity contribution >= 4 is 12.1 Å². The molecule has 0 bridgehead atoms. The first-order valence-electron chi connectivity index (χ1n) is 6.06. The van der Waals surface area contributed by atoms with Gasteiger partial charge in [0.25, 0.3) is 5.92 Å². The molecule has 1 N–H and O–H groups in total. The predicted octanol–water partition coefficient (Wildman–Crippen LogP) is 2.24. The molecule has 0 saturated heterocycles. The molecule has 5 nitrogen and oxygen atoms in total. The van der Waals surface area contributed by atoms with Gasteiger partial charge >= 0.3 is 12.1 Å². The lowest BCUT2D eigenvalue weighted by molar-refractivity contribution is -0.184. The molecule has 0 radical (unpaired) electrons. The molecule has 19 heavy (non-hydrogen) atoms. The van der Waals surface area contributed by atoms with Crippen LogP contribution >= 0.6 is 0 Å². The zero-order valence-electron chi connectivity index (χ0n) is 11.5. The fourth-order valence-electron chi connectivity index (χ4n) is 1.50. The van der Waals surface area contributed by atoms with Gasteiger partial charge in [-0.1, -0.05) is 0 Å². The number of amides is 1. The Morgan fingerprint density at radius 3 is 2.26 bits per heavy atom. The Balaban J connectivity index is 2.31. The van der Waals surface area contributed by atoms with Crippen LogP contribution in [0, 0.1) is 0 Å². The highest BCUT2D eigenvalue weighted by Crippen LogP contribution is 2.39. The molecular weight excluding hydrogens is 260 g/mol. The smallest absolute Gasteiger partial charge is 0.408 e. The lowest BCUT2D eigenvalue weighted by Crippen LogP contribution is -2.47. The quantitative estimate of drug-likeness (QED) is 0.805. The van der Waals surface area contributed by atoms with Crippen molar-refractivity contribution in [3.8, 4) is 0 Å². The first kappa shape index (κ1) is 15.7. The number of rotatable bonds is 3. The number of hydrogen-bond acceptors (Lipinski definition) is 4. The molecule has 1 aliphatic rings. The number of ether oxygens (including phenoxy) is 2. The molecule has 1 aliphatic carbocycles. The highest BCUT2D eigenvalue weighted by atomic mass is 19.3. The van der Waals surface area contributed by atoms with E-state index in [0.29, 0.717) is 0 Å². The maximum absolute atomic E-state index is 12.6. The van der Waals surface area contributed by atoms with Gasteiger partial charge in [-0.05, 0) is 27.7 Å². The van der Waals surface area contributed by atoms with Crippen molar-refractivity contribution in [1.82, 2.24) is 5.32 Å². The van der Waals surface area contributed by atoms with Crippen LogP contribution in [-0.2, 0) is 14.3 Å². The second-order valence-corrected chi connectivity index (χ2v) is 5.69. The molecule has 0 spiro atoms. The number of halogens is 2. The highest BCUT2D eigenvalue weighted by Gasteiger charge is 2.48. The molecule has 0 aliphatic heterocycles. The first-order valence-corrected chi connectivity index (χ1v) is 6.06. The van der Waals surface area contributed by atoms with Crippen molar-refractivity contribution in [2.45, 2.75) is 64.2 Å². The molecule has 0 aromatic carbocycles. The Kier molecular flexibility index (Phi) is 4.37. The summed E-state index contributed by atoms with van der Waals surface area (Å²) < 4.78 is 34.9. The van der Waals surface area contributed by atoms with E-state index in [1.54, 1.807) is 20.8 Å². The Labute approximate surface area is 110 Å². The molecule has 7 heteroatoms. The number of carbonyl (C=O) groups is 2. The lowest BCUT2D eigenvalue weighted by atomic mass is 9.91.